The lowest BCUT2D eigenvalue weighted by Crippen LogP contribution is -2.35. The summed E-state index contributed by atoms with van der Waals surface area (Å²) in [7, 11) is 1.55. The number of hydrazone groups is 1. The zero-order chi connectivity index (χ0) is 32.5. The first kappa shape index (κ1) is 31.7. The largest absolute Gasteiger partial charge is 0.497 e. The van der Waals surface area contributed by atoms with Crippen molar-refractivity contribution in [2.75, 3.05) is 17.4 Å². The average Bonchev–Trinajstić information content (AvgIpc) is 3.45. The van der Waals surface area contributed by atoms with Crippen molar-refractivity contribution in [1.82, 2.24) is 10.6 Å². The monoisotopic (exact) mass is 633 g/mol. The van der Waals surface area contributed by atoms with Gasteiger partial charge in [-0.15, -0.1) is 11.8 Å². The molecule has 0 radical (unpaired) electrons. The molecule has 0 saturated carbocycles. The van der Waals surface area contributed by atoms with Crippen LogP contribution in [0.3, 0.4) is 0 Å². The van der Waals surface area contributed by atoms with Crippen molar-refractivity contribution in [3.05, 3.63) is 126 Å². The van der Waals surface area contributed by atoms with Crippen LogP contribution >= 0.6 is 11.8 Å². The first-order chi connectivity index (χ1) is 22.3. The third kappa shape index (κ3) is 8.27. The van der Waals surface area contributed by atoms with Crippen molar-refractivity contribution in [2.24, 2.45) is 5.10 Å². The van der Waals surface area contributed by atoms with Gasteiger partial charge in [-0.1, -0.05) is 48.5 Å². The molecule has 4 aromatic carbocycles. The maximum absolute atomic E-state index is 13.4. The number of carbonyl (C=O) groups is 4. The van der Waals surface area contributed by atoms with Gasteiger partial charge < -0.3 is 20.7 Å². The predicted molar refractivity (Wildman–Crippen MR) is 179 cm³/mol. The Morgan fingerprint density at radius 1 is 0.891 bits per heavy atom. The maximum Gasteiger partial charge on any atom is 0.272 e. The Bertz CT molecular complexity index is 1790. The summed E-state index contributed by atoms with van der Waals surface area (Å²) in [5.41, 5.74) is 2.25. The number of amides is 4. The molecule has 0 spiro atoms. The predicted octanol–water partition coefficient (Wildman–Crippen LogP) is 5.45. The van der Waals surface area contributed by atoms with E-state index >= 15 is 0 Å². The molecule has 0 saturated heterocycles. The minimum atomic E-state index is -0.517. The van der Waals surface area contributed by atoms with Crippen molar-refractivity contribution in [2.45, 2.75) is 23.5 Å². The van der Waals surface area contributed by atoms with E-state index in [9.17, 15) is 19.2 Å². The zero-order valence-electron chi connectivity index (χ0n) is 25.1. The van der Waals surface area contributed by atoms with Gasteiger partial charge in [-0.05, 0) is 79.2 Å². The fourth-order valence-electron chi connectivity index (χ4n) is 4.43. The summed E-state index contributed by atoms with van der Waals surface area (Å²) in [5, 5.41) is 13.4. The van der Waals surface area contributed by atoms with Crippen molar-refractivity contribution in [3.8, 4) is 5.75 Å². The summed E-state index contributed by atoms with van der Waals surface area (Å²) in [6, 6.07) is 31.7. The number of methoxy groups -OCH3 is 1. The van der Waals surface area contributed by atoms with Crippen LogP contribution in [0, 0.1) is 0 Å². The first-order valence-electron chi connectivity index (χ1n) is 14.4. The van der Waals surface area contributed by atoms with E-state index in [2.05, 4.69) is 21.1 Å². The zero-order valence-corrected chi connectivity index (χ0v) is 25.9. The number of nitrogens with zero attached hydrogens (tertiary/aromatic N) is 2. The Hall–Kier alpha value is -5.68. The Morgan fingerprint density at radius 2 is 1.59 bits per heavy atom. The fourth-order valence-corrected chi connectivity index (χ4v) is 5.29. The molecule has 4 amide bonds. The number of hydrogen-bond donors (Lipinski definition) is 3. The van der Waals surface area contributed by atoms with E-state index in [0.29, 0.717) is 34.1 Å². The van der Waals surface area contributed by atoms with Crippen LogP contribution < -0.4 is 25.7 Å². The van der Waals surface area contributed by atoms with Gasteiger partial charge in [0.1, 0.15) is 17.3 Å². The van der Waals surface area contributed by atoms with Crippen LogP contribution in [0.4, 0.5) is 11.4 Å². The minimum absolute atomic E-state index is 0.00642. The van der Waals surface area contributed by atoms with Gasteiger partial charge in [-0.25, -0.2) is 0 Å². The van der Waals surface area contributed by atoms with E-state index in [-0.39, 0.29) is 23.9 Å². The van der Waals surface area contributed by atoms with E-state index in [0.717, 1.165) is 4.90 Å². The van der Waals surface area contributed by atoms with Crippen molar-refractivity contribution < 1.29 is 23.9 Å². The van der Waals surface area contributed by atoms with Gasteiger partial charge in [0.25, 0.3) is 17.7 Å². The number of carbonyl (C=O) groups excluding carboxylic acids is 4. The van der Waals surface area contributed by atoms with E-state index < -0.39 is 17.1 Å². The minimum Gasteiger partial charge on any atom is -0.497 e. The van der Waals surface area contributed by atoms with Crippen molar-refractivity contribution >= 4 is 58.7 Å². The van der Waals surface area contributed by atoms with Crippen LogP contribution in [-0.2, 0) is 14.4 Å². The number of nitrogens with one attached hydrogen (secondary N) is 3. The Morgan fingerprint density at radius 3 is 2.28 bits per heavy atom. The lowest BCUT2D eigenvalue weighted by molar-refractivity contribution is -0.119. The lowest BCUT2D eigenvalue weighted by Gasteiger charge is -2.13. The quantitative estimate of drug-likeness (QED) is 0.157. The molecule has 1 aliphatic heterocycles. The number of hydrogen-bond acceptors (Lipinski definition) is 7. The van der Waals surface area contributed by atoms with Gasteiger partial charge in [0.05, 0.1) is 24.5 Å². The average molecular weight is 634 g/mol. The topological polar surface area (TPSA) is 129 Å². The highest BCUT2D eigenvalue weighted by atomic mass is 32.2. The first-order valence-corrected chi connectivity index (χ1v) is 15.2. The van der Waals surface area contributed by atoms with Crippen LogP contribution in [0.1, 0.15) is 29.3 Å². The summed E-state index contributed by atoms with van der Waals surface area (Å²) >= 11 is 1.32. The highest BCUT2D eigenvalue weighted by Crippen LogP contribution is 2.26. The van der Waals surface area contributed by atoms with Crippen LogP contribution in [0.5, 0.6) is 5.75 Å². The Balaban J connectivity index is 1.22. The summed E-state index contributed by atoms with van der Waals surface area (Å²) < 4.78 is 5.29. The second-order valence-electron chi connectivity index (χ2n) is 10.1. The summed E-state index contributed by atoms with van der Waals surface area (Å²) in [5.74, 6) is -0.550. The van der Waals surface area contributed by atoms with E-state index in [1.807, 2.05) is 18.2 Å². The van der Waals surface area contributed by atoms with E-state index in [1.54, 1.807) is 111 Å². The Kier molecular flexibility index (Phi) is 10.3. The summed E-state index contributed by atoms with van der Waals surface area (Å²) in [6.07, 6.45) is 1.58. The van der Waals surface area contributed by atoms with Crippen molar-refractivity contribution in [1.29, 1.82) is 0 Å². The lowest BCUT2D eigenvalue weighted by atomic mass is 10.1. The van der Waals surface area contributed by atoms with Gasteiger partial charge in [-0.3, -0.25) is 19.2 Å². The molecule has 1 aliphatic rings. The molecular formula is C35H31N5O5S. The molecule has 1 unspecified atom stereocenters. The number of thioether (sulfide) groups is 1. The van der Waals surface area contributed by atoms with Gasteiger partial charge in [-0.2, -0.15) is 10.1 Å². The number of amidine groups is 1. The third-order valence-corrected chi connectivity index (χ3v) is 7.88. The molecule has 11 heteroatoms. The van der Waals surface area contributed by atoms with Crippen LogP contribution in [0.25, 0.3) is 6.08 Å². The second-order valence-corrected chi connectivity index (χ2v) is 11.6. The summed E-state index contributed by atoms with van der Waals surface area (Å²) in [6.45, 7) is 1.76. The third-order valence-electron chi connectivity index (χ3n) is 6.77. The van der Waals surface area contributed by atoms with Gasteiger partial charge in [0, 0.05) is 16.1 Å². The normalized spacial score (nSPS) is 13.4. The molecular weight excluding hydrogens is 602 g/mol. The number of rotatable bonds is 10. The molecule has 5 rings (SSSR count). The van der Waals surface area contributed by atoms with Gasteiger partial charge in [0.15, 0.2) is 0 Å². The van der Waals surface area contributed by atoms with Crippen molar-refractivity contribution in [3.63, 3.8) is 0 Å². The Labute approximate surface area is 270 Å². The molecule has 46 heavy (non-hydrogen) atoms. The number of benzene rings is 4. The van der Waals surface area contributed by atoms with E-state index in [1.165, 1.54) is 16.8 Å². The molecule has 10 nitrogen and oxygen atoms in total. The molecule has 0 aromatic heterocycles. The molecule has 3 N–H and O–H groups in total. The second kappa shape index (κ2) is 14.9. The molecule has 232 valence electrons. The molecule has 0 aliphatic carbocycles. The molecule has 1 heterocycles. The standard InChI is InChI=1S/C35H31N5O5S/c1-23(33(42)38-31-22-32(41)40(39-31)27-13-7-4-8-14-27)46-29-18-16-26(17-19-29)36-35(44)30(21-24-10-9-15-28(20-24)45-2)37-34(43)25-11-5-3-6-12-25/h3-21,23H,22H2,1-2H3,(H,36,44)(H,37,43)(H,38,39,42)/b30-21-. The fraction of sp³-hybridized carbons (Fsp3) is 0.114. The molecule has 0 fully saturated rings. The molecule has 4 aromatic rings. The number of para-hydroxylation sites is 1. The molecule has 0 bridgehead atoms. The maximum atomic E-state index is 13.4. The number of anilines is 2. The van der Waals surface area contributed by atoms with Gasteiger partial charge >= 0.3 is 0 Å². The number of ether oxygens (including phenoxy) is 1. The molecule has 1 atom stereocenters. The highest BCUT2D eigenvalue weighted by molar-refractivity contribution is 8.00. The van der Waals surface area contributed by atoms with Crippen LogP contribution in [0.2, 0.25) is 0 Å². The van der Waals surface area contributed by atoms with Crippen LogP contribution in [-0.4, -0.2) is 41.8 Å². The van der Waals surface area contributed by atoms with Crippen LogP contribution in [0.15, 0.2) is 125 Å². The summed E-state index contributed by atoms with van der Waals surface area (Å²) in [4.78, 5) is 52.4. The highest BCUT2D eigenvalue weighted by Gasteiger charge is 2.27. The van der Waals surface area contributed by atoms with Gasteiger partial charge in [0.2, 0.25) is 5.91 Å². The van der Waals surface area contributed by atoms with E-state index in [4.69, 9.17) is 4.74 Å². The SMILES string of the molecule is COc1cccc(/C=C(\NC(=O)c2ccccc2)C(=O)Nc2ccc(SC(C)C(=O)NC3=NN(c4ccccc4)C(=O)C3)cc2)c1. The smallest absolute Gasteiger partial charge is 0.272 e.